The van der Waals surface area contributed by atoms with E-state index in [-0.39, 0.29) is 0 Å². The largest absolute Gasteiger partial charge is 0.360 e. The van der Waals surface area contributed by atoms with E-state index >= 15 is 0 Å². The van der Waals surface area contributed by atoms with Crippen molar-refractivity contribution in [2.45, 2.75) is 12.1 Å². The van der Waals surface area contributed by atoms with Gasteiger partial charge in [0.25, 0.3) is 0 Å². The molecule has 5 rings (SSSR count). The molecule has 8 nitrogen and oxygen atoms in total. The van der Waals surface area contributed by atoms with E-state index < -0.39 is 5.66 Å². The van der Waals surface area contributed by atoms with Gasteiger partial charge in [-0.05, 0) is 34.1 Å². The maximum Gasteiger partial charge on any atom is 0.227 e. The summed E-state index contributed by atoms with van der Waals surface area (Å²) in [6, 6.07) is 15.7. The molecule has 1 unspecified atom stereocenters. The smallest absolute Gasteiger partial charge is 0.227 e. The van der Waals surface area contributed by atoms with Gasteiger partial charge in [0.2, 0.25) is 5.96 Å². The molecule has 1 aliphatic rings. The zero-order valence-corrected chi connectivity index (χ0v) is 18.0. The molecule has 5 N–H and O–H groups in total. The summed E-state index contributed by atoms with van der Waals surface area (Å²) in [5, 5.41) is 12.0. The number of hydrogen-bond acceptors (Lipinski definition) is 6. The van der Waals surface area contributed by atoms with Gasteiger partial charge in [0.1, 0.15) is 11.6 Å². The second-order valence-corrected chi connectivity index (χ2v) is 8.02. The van der Waals surface area contributed by atoms with E-state index in [0.717, 1.165) is 27.8 Å². The third-order valence-electron chi connectivity index (χ3n) is 5.06. The fraction of sp³-hybridized carbons (Fsp3) is 0.136. The fourth-order valence-corrected chi connectivity index (χ4v) is 4.08. The SMILES string of the molecule is C#CCNC1=C(Br)C(N)(Cc2nc3ccccc3[nH]2)N=C(n2ncc3ccccc32)N1. The molecule has 2 aromatic heterocycles. The van der Waals surface area contributed by atoms with E-state index in [4.69, 9.17) is 17.1 Å². The summed E-state index contributed by atoms with van der Waals surface area (Å²) in [4.78, 5) is 12.8. The van der Waals surface area contributed by atoms with Crippen LogP contribution in [0.4, 0.5) is 0 Å². The first-order chi connectivity index (χ1) is 15.1. The molecule has 0 fully saturated rings. The number of hydrogen-bond donors (Lipinski definition) is 4. The molecule has 3 heterocycles. The quantitative estimate of drug-likeness (QED) is 0.339. The highest BCUT2D eigenvalue weighted by Crippen LogP contribution is 2.31. The Hall–Kier alpha value is -3.61. The van der Waals surface area contributed by atoms with E-state index in [0.29, 0.717) is 29.2 Å². The molecule has 1 atom stereocenters. The van der Waals surface area contributed by atoms with E-state index in [9.17, 15) is 0 Å². The van der Waals surface area contributed by atoms with Crippen molar-refractivity contribution in [1.82, 2.24) is 30.4 Å². The van der Waals surface area contributed by atoms with Gasteiger partial charge in [0.05, 0.1) is 33.8 Å². The van der Waals surface area contributed by atoms with Crippen molar-refractivity contribution in [2.24, 2.45) is 10.7 Å². The second-order valence-electron chi connectivity index (χ2n) is 7.22. The van der Waals surface area contributed by atoms with Gasteiger partial charge >= 0.3 is 0 Å². The van der Waals surface area contributed by atoms with Crippen LogP contribution in [0.2, 0.25) is 0 Å². The lowest BCUT2D eigenvalue weighted by atomic mass is 10.1. The molecule has 2 aromatic carbocycles. The summed E-state index contributed by atoms with van der Waals surface area (Å²) in [5.74, 6) is 4.44. The number of nitrogens with two attached hydrogens (primary N) is 1. The summed E-state index contributed by atoms with van der Waals surface area (Å²) in [7, 11) is 0. The lowest BCUT2D eigenvalue weighted by molar-refractivity contribution is 0.505. The number of rotatable bonds is 4. The van der Waals surface area contributed by atoms with Crippen LogP contribution in [0.15, 0.2) is 70.0 Å². The van der Waals surface area contributed by atoms with Crippen molar-refractivity contribution in [1.29, 1.82) is 0 Å². The molecule has 31 heavy (non-hydrogen) atoms. The highest BCUT2D eigenvalue weighted by molar-refractivity contribution is 9.11. The van der Waals surface area contributed by atoms with Crippen molar-refractivity contribution in [3.63, 3.8) is 0 Å². The zero-order valence-electron chi connectivity index (χ0n) is 16.4. The van der Waals surface area contributed by atoms with Gasteiger partial charge in [-0.2, -0.15) is 9.78 Å². The van der Waals surface area contributed by atoms with Crippen LogP contribution in [0.3, 0.4) is 0 Å². The van der Waals surface area contributed by atoms with Crippen molar-refractivity contribution in [3.8, 4) is 12.3 Å². The number of nitrogens with one attached hydrogen (secondary N) is 3. The molecule has 0 saturated heterocycles. The number of imidazole rings is 1. The zero-order chi connectivity index (χ0) is 21.4. The first kappa shape index (κ1) is 19.4. The number of aromatic nitrogens is 4. The van der Waals surface area contributed by atoms with Crippen molar-refractivity contribution >= 4 is 43.8 Å². The third-order valence-corrected chi connectivity index (χ3v) is 6.15. The Morgan fingerprint density at radius 1 is 1.19 bits per heavy atom. The molecule has 1 aliphatic heterocycles. The van der Waals surface area contributed by atoms with Crippen LogP contribution in [0.5, 0.6) is 0 Å². The predicted molar refractivity (Wildman–Crippen MR) is 125 cm³/mol. The van der Waals surface area contributed by atoms with Gasteiger partial charge in [-0.25, -0.2) is 9.98 Å². The van der Waals surface area contributed by atoms with Crippen LogP contribution >= 0.6 is 15.9 Å². The Labute approximate surface area is 186 Å². The number of terminal acetylenes is 1. The molecule has 0 aliphatic carbocycles. The maximum atomic E-state index is 6.83. The number of H-pyrrole nitrogens is 1. The highest BCUT2D eigenvalue weighted by atomic mass is 79.9. The van der Waals surface area contributed by atoms with Crippen LogP contribution in [-0.4, -0.2) is 37.9 Å². The monoisotopic (exact) mass is 474 g/mol. The van der Waals surface area contributed by atoms with E-state index in [1.165, 1.54) is 0 Å². The first-order valence-electron chi connectivity index (χ1n) is 9.67. The summed E-state index contributed by atoms with van der Waals surface area (Å²) in [6.45, 7) is 0.325. The topological polar surface area (TPSA) is 109 Å². The summed E-state index contributed by atoms with van der Waals surface area (Å²) in [5.41, 5.74) is 8.44. The van der Waals surface area contributed by atoms with Gasteiger partial charge in [-0.15, -0.1) is 6.42 Å². The van der Waals surface area contributed by atoms with Gasteiger partial charge in [0, 0.05) is 11.8 Å². The number of benzene rings is 2. The molecule has 0 spiro atoms. The normalized spacial score (nSPS) is 18.7. The van der Waals surface area contributed by atoms with Crippen molar-refractivity contribution < 1.29 is 0 Å². The molecule has 154 valence electrons. The number of aliphatic imine (C=N–C) groups is 1. The Morgan fingerprint density at radius 2 is 2.00 bits per heavy atom. The minimum absolute atomic E-state index is 0.325. The average Bonchev–Trinajstić information content (AvgIpc) is 3.38. The van der Waals surface area contributed by atoms with Crippen LogP contribution in [0, 0.1) is 12.3 Å². The van der Waals surface area contributed by atoms with Crippen LogP contribution in [0.25, 0.3) is 21.9 Å². The van der Waals surface area contributed by atoms with Crippen LogP contribution in [0.1, 0.15) is 5.82 Å². The van der Waals surface area contributed by atoms with Gasteiger partial charge < -0.3 is 21.4 Å². The summed E-state index contributed by atoms with van der Waals surface area (Å²) in [6.07, 6.45) is 7.59. The number of halogens is 1. The molecule has 4 aromatic rings. The predicted octanol–water partition coefficient (Wildman–Crippen LogP) is 2.40. The minimum atomic E-state index is -1.13. The minimum Gasteiger partial charge on any atom is -0.360 e. The second kappa shape index (κ2) is 7.58. The van der Waals surface area contributed by atoms with Crippen LogP contribution in [-0.2, 0) is 6.42 Å². The Balaban J connectivity index is 1.59. The summed E-state index contributed by atoms with van der Waals surface area (Å²) < 4.78 is 2.38. The Morgan fingerprint density at radius 3 is 2.84 bits per heavy atom. The van der Waals surface area contributed by atoms with E-state index in [1.54, 1.807) is 10.9 Å². The molecule has 0 radical (unpaired) electrons. The van der Waals surface area contributed by atoms with Crippen molar-refractivity contribution in [2.75, 3.05) is 6.54 Å². The third kappa shape index (κ3) is 3.46. The fourth-order valence-electron chi connectivity index (χ4n) is 3.61. The highest BCUT2D eigenvalue weighted by Gasteiger charge is 2.37. The maximum absolute atomic E-state index is 6.83. The molecule has 9 heteroatoms. The van der Waals surface area contributed by atoms with E-state index in [2.05, 4.69) is 47.6 Å². The Bertz CT molecular complexity index is 1360. The van der Waals surface area contributed by atoms with Crippen molar-refractivity contribution in [3.05, 3.63) is 70.9 Å². The average molecular weight is 475 g/mol. The van der Waals surface area contributed by atoms with Crippen LogP contribution < -0.4 is 16.4 Å². The Kier molecular flexibility index (Phi) is 4.73. The lowest BCUT2D eigenvalue weighted by Crippen LogP contribution is -2.52. The van der Waals surface area contributed by atoms with E-state index in [1.807, 2.05) is 48.5 Å². The van der Waals surface area contributed by atoms with Gasteiger partial charge in [-0.3, -0.25) is 0 Å². The first-order valence-corrected chi connectivity index (χ1v) is 10.5. The standard InChI is InChI=1S/C22H19BrN8/c1-2-11-25-20-19(23)22(24,12-18-27-15-8-4-5-9-16(15)28-18)30-21(29-20)31-17-10-6-3-7-14(17)13-26-31/h1,3-10,13,25H,11-12,24H2,(H,27,28)(H,29,30). The summed E-state index contributed by atoms with van der Waals surface area (Å²) >= 11 is 3.63. The molecular formula is C22H19BrN8. The number of fused-ring (bicyclic) bond motifs is 2. The molecule has 0 bridgehead atoms. The lowest BCUT2D eigenvalue weighted by Gasteiger charge is -2.32. The number of nitrogens with zero attached hydrogens (tertiary/aromatic N) is 4. The molecule has 0 saturated carbocycles. The molecule has 0 amide bonds. The van der Waals surface area contributed by atoms with Gasteiger partial charge in [-0.1, -0.05) is 36.3 Å². The number of aromatic amines is 1. The molecular weight excluding hydrogens is 456 g/mol. The number of para-hydroxylation sites is 3. The van der Waals surface area contributed by atoms with Gasteiger partial charge in [0.15, 0.2) is 5.66 Å².